The first-order valence-corrected chi connectivity index (χ1v) is 12.7. The van der Waals surface area contributed by atoms with Crippen molar-refractivity contribution < 1.29 is 14.3 Å². The van der Waals surface area contributed by atoms with Crippen LogP contribution in [0.5, 0.6) is 0 Å². The molecule has 38 heavy (non-hydrogen) atoms. The highest BCUT2D eigenvalue weighted by molar-refractivity contribution is 5.99. The largest absolute Gasteiger partial charge is 0.384 e. The maximum Gasteiger partial charge on any atom is 0.319 e. The first-order valence-electron chi connectivity index (χ1n) is 12.7. The van der Waals surface area contributed by atoms with Gasteiger partial charge in [-0.2, -0.15) is 0 Å². The molecular formula is C27H34N8O3. The normalized spacial score (nSPS) is 13.5. The number of nitrogens with one attached hydrogen (secondary N) is 4. The smallest absolute Gasteiger partial charge is 0.319 e. The summed E-state index contributed by atoms with van der Waals surface area (Å²) in [5.74, 6) is 0.809. The minimum atomic E-state index is -0.328. The van der Waals surface area contributed by atoms with Crippen molar-refractivity contribution in [1.29, 1.82) is 0 Å². The average molecular weight is 519 g/mol. The van der Waals surface area contributed by atoms with Crippen LogP contribution in [0.25, 0.3) is 11.3 Å². The molecule has 3 amide bonds. The summed E-state index contributed by atoms with van der Waals surface area (Å²) in [6.45, 7) is 7.51. The van der Waals surface area contributed by atoms with Gasteiger partial charge in [0.05, 0.1) is 24.5 Å². The number of nitrogen functional groups attached to an aromatic ring is 1. The van der Waals surface area contributed by atoms with E-state index in [4.69, 9.17) is 15.5 Å². The van der Waals surface area contributed by atoms with Crippen LogP contribution >= 0.6 is 0 Å². The number of morpholine rings is 1. The van der Waals surface area contributed by atoms with Gasteiger partial charge in [0, 0.05) is 56.7 Å². The van der Waals surface area contributed by atoms with Gasteiger partial charge in [-0.3, -0.25) is 9.69 Å². The molecule has 0 atom stereocenters. The van der Waals surface area contributed by atoms with Gasteiger partial charge in [-0.05, 0) is 42.8 Å². The van der Waals surface area contributed by atoms with Crippen LogP contribution in [0.2, 0.25) is 0 Å². The molecule has 3 aromatic rings. The standard InChI is InChI=1S/C27H34N8O3/c1-2-29-25-22(26(36)30-11-12-35-13-15-38-16-14-35)8-9-23(34-25)20-4-6-21(7-5-20)33-27(37)32-18-19-3-10-24(28)31-17-19/h3-10,17H,2,11-16,18H2,1H3,(H2,28,31)(H,29,34)(H,30,36)(H2,32,33,37). The molecular weight excluding hydrogens is 484 g/mol. The molecule has 0 spiro atoms. The summed E-state index contributed by atoms with van der Waals surface area (Å²) in [6.07, 6.45) is 1.62. The molecule has 11 heteroatoms. The second-order valence-corrected chi connectivity index (χ2v) is 8.81. The molecule has 1 aliphatic rings. The van der Waals surface area contributed by atoms with Gasteiger partial charge in [-0.1, -0.05) is 18.2 Å². The quantitative estimate of drug-likeness (QED) is 0.275. The number of benzene rings is 1. The molecule has 0 saturated carbocycles. The Balaban J connectivity index is 1.33. The molecule has 4 rings (SSSR count). The molecule has 3 heterocycles. The van der Waals surface area contributed by atoms with Crippen molar-refractivity contribution in [2.75, 3.05) is 62.3 Å². The van der Waals surface area contributed by atoms with Crippen molar-refractivity contribution in [3.63, 3.8) is 0 Å². The van der Waals surface area contributed by atoms with Crippen molar-refractivity contribution >= 4 is 29.3 Å². The number of amides is 3. The predicted octanol–water partition coefficient (Wildman–Crippen LogP) is 2.54. The molecule has 11 nitrogen and oxygen atoms in total. The van der Waals surface area contributed by atoms with E-state index >= 15 is 0 Å². The number of pyridine rings is 2. The summed E-state index contributed by atoms with van der Waals surface area (Å²) < 4.78 is 5.37. The maximum atomic E-state index is 12.8. The zero-order valence-corrected chi connectivity index (χ0v) is 21.5. The van der Waals surface area contributed by atoms with Gasteiger partial charge in [0.2, 0.25) is 0 Å². The fourth-order valence-corrected chi connectivity index (χ4v) is 3.98. The first-order chi connectivity index (χ1) is 18.5. The Labute approximate surface area is 222 Å². The van der Waals surface area contributed by atoms with Crippen LogP contribution in [0.3, 0.4) is 0 Å². The number of nitrogens with zero attached hydrogens (tertiary/aromatic N) is 3. The summed E-state index contributed by atoms with van der Waals surface area (Å²) in [5.41, 5.74) is 9.16. The van der Waals surface area contributed by atoms with Crippen LogP contribution in [-0.2, 0) is 11.3 Å². The molecule has 200 valence electrons. The fraction of sp³-hybridized carbons (Fsp3) is 0.333. The Bertz CT molecular complexity index is 1210. The van der Waals surface area contributed by atoms with Gasteiger partial charge in [0.1, 0.15) is 11.6 Å². The number of hydrogen-bond donors (Lipinski definition) is 5. The van der Waals surface area contributed by atoms with E-state index in [9.17, 15) is 9.59 Å². The van der Waals surface area contributed by atoms with E-state index in [-0.39, 0.29) is 11.9 Å². The maximum absolute atomic E-state index is 12.8. The van der Waals surface area contributed by atoms with Crippen LogP contribution in [0.4, 0.5) is 22.1 Å². The molecule has 1 fully saturated rings. The first kappa shape index (κ1) is 26.8. The lowest BCUT2D eigenvalue weighted by atomic mass is 10.1. The lowest BCUT2D eigenvalue weighted by Gasteiger charge is -2.26. The van der Waals surface area contributed by atoms with Crippen molar-refractivity contribution in [1.82, 2.24) is 25.5 Å². The summed E-state index contributed by atoms with van der Waals surface area (Å²) in [5, 5.41) is 11.8. The molecule has 0 unspecified atom stereocenters. The Morgan fingerprint density at radius 3 is 2.53 bits per heavy atom. The molecule has 1 aromatic carbocycles. The van der Waals surface area contributed by atoms with Crippen LogP contribution in [0.1, 0.15) is 22.8 Å². The number of urea groups is 1. The fourth-order valence-electron chi connectivity index (χ4n) is 3.98. The molecule has 0 aliphatic carbocycles. The second-order valence-electron chi connectivity index (χ2n) is 8.81. The van der Waals surface area contributed by atoms with Gasteiger partial charge in [-0.25, -0.2) is 14.8 Å². The van der Waals surface area contributed by atoms with Gasteiger partial charge in [0.15, 0.2) is 0 Å². The van der Waals surface area contributed by atoms with E-state index in [0.29, 0.717) is 42.5 Å². The highest BCUT2D eigenvalue weighted by Crippen LogP contribution is 2.23. The van der Waals surface area contributed by atoms with Gasteiger partial charge in [-0.15, -0.1) is 0 Å². The molecule has 0 bridgehead atoms. The van der Waals surface area contributed by atoms with E-state index in [1.165, 1.54) is 0 Å². The van der Waals surface area contributed by atoms with Crippen LogP contribution < -0.4 is 27.0 Å². The predicted molar refractivity (Wildman–Crippen MR) is 148 cm³/mol. The van der Waals surface area contributed by atoms with Crippen LogP contribution in [0, 0.1) is 0 Å². The van der Waals surface area contributed by atoms with Crippen molar-refractivity contribution in [3.05, 3.63) is 65.9 Å². The summed E-state index contributed by atoms with van der Waals surface area (Å²) in [4.78, 5) is 36.1. The van der Waals surface area contributed by atoms with Crippen LogP contribution in [0.15, 0.2) is 54.7 Å². The highest BCUT2D eigenvalue weighted by atomic mass is 16.5. The third kappa shape index (κ3) is 7.64. The van der Waals surface area contributed by atoms with E-state index in [1.807, 2.05) is 31.2 Å². The molecule has 0 radical (unpaired) electrons. The Kier molecular flexibility index (Phi) is 9.43. The third-order valence-electron chi connectivity index (χ3n) is 6.04. The lowest BCUT2D eigenvalue weighted by Crippen LogP contribution is -2.41. The second kappa shape index (κ2) is 13.4. The summed E-state index contributed by atoms with van der Waals surface area (Å²) >= 11 is 0. The molecule has 1 aliphatic heterocycles. The Morgan fingerprint density at radius 2 is 1.82 bits per heavy atom. The number of aromatic nitrogens is 2. The van der Waals surface area contributed by atoms with Crippen LogP contribution in [-0.4, -0.2) is 72.7 Å². The zero-order valence-electron chi connectivity index (χ0n) is 21.5. The number of nitrogens with two attached hydrogens (primary N) is 1. The topological polar surface area (TPSA) is 147 Å². The van der Waals surface area contributed by atoms with E-state index in [2.05, 4.69) is 31.2 Å². The average Bonchev–Trinajstić information content (AvgIpc) is 2.94. The minimum absolute atomic E-state index is 0.159. The van der Waals surface area contributed by atoms with Gasteiger partial charge in [0.25, 0.3) is 5.91 Å². The number of anilines is 3. The molecule has 1 saturated heterocycles. The Morgan fingerprint density at radius 1 is 1.03 bits per heavy atom. The lowest BCUT2D eigenvalue weighted by molar-refractivity contribution is 0.0383. The Hall–Kier alpha value is -4.22. The third-order valence-corrected chi connectivity index (χ3v) is 6.04. The van der Waals surface area contributed by atoms with Gasteiger partial charge >= 0.3 is 6.03 Å². The SMILES string of the molecule is CCNc1nc(-c2ccc(NC(=O)NCc3ccc(N)nc3)cc2)ccc1C(=O)NCCN1CCOCC1. The summed E-state index contributed by atoms with van der Waals surface area (Å²) in [7, 11) is 0. The highest BCUT2D eigenvalue weighted by Gasteiger charge is 2.15. The van der Waals surface area contributed by atoms with E-state index in [0.717, 1.165) is 49.7 Å². The van der Waals surface area contributed by atoms with E-state index < -0.39 is 0 Å². The monoisotopic (exact) mass is 518 g/mol. The minimum Gasteiger partial charge on any atom is -0.384 e. The van der Waals surface area contributed by atoms with Crippen molar-refractivity contribution in [2.45, 2.75) is 13.5 Å². The zero-order chi connectivity index (χ0) is 26.7. The van der Waals surface area contributed by atoms with Gasteiger partial charge < -0.3 is 31.7 Å². The van der Waals surface area contributed by atoms with Crippen molar-refractivity contribution in [2.24, 2.45) is 0 Å². The molecule has 6 N–H and O–H groups in total. The number of carbonyl (C=O) groups excluding carboxylic acids is 2. The van der Waals surface area contributed by atoms with E-state index in [1.54, 1.807) is 30.5 Å². The number of ether oxygens (including phenoxy) is 1. The van der Waals surface area contributed by atoms with Crippen molar-refractivity contribution in [3.8, 4) is 11.3 Å². The summed E-state index contributed by atoms with van der Waals surface area (Å²) in [6, 6.07) is 14.1. The number of hydrogen-bond acceptors (Lipinski definition) is 8. The molecule has 2 aromatic heterocycles. The number of carbonyl (C=O) groups is 2. The number of rotatable bonds is 10.